The highest BCUT2D eigenvalue weighted by Gasteiger charge is 2.08. The lowest BCUT2D eigenvalue weighted by Crippen LogP contribution is -1.93. The Bertz CT molecular complexity index is 262. The molecule has 1 unspecified atom stereocenters. The van der Waals surface area contributed by atoms with E-state index in [1.165, 1.54) is 4.88 Å². The monoisotopic (exact) mass is 168 g/mol. The lowest BCUT2D eigenvalue weighted by molar-refractivity contribution is 0.220. The highest BCUT2D eigenvalue weighted by molar-refractivity contribution is 7.12. The molecule has 0 saturated carbocycles. The van der Waals surface area contributed by atoms with E-state index in [1.54, 1.807) is 11.3 Å². The van der Waals surface area contributed by atoms with Crippen molar-refractivity contribution in [1.29, 1.82) is 0 Å². The standard InChI is InChI=1S/C9H12OS/c1-6(2)9(10)8-5-4-7(3)11-8/h4-5,9-10H,1H2,2-3H3. The molecule has 0 aromatic carbocycles. The Morgan fingerprint density at radius 1 is 1.64 bits per heavy atom. The highest BCUT2D eigenvalue weighted by atomic mass is 32.1. The van der Waals surface area contributed by atoms with Crippen molar-refractivity contribution in [1.82, 2.24) is 0 Å². The summed E-state index contributed by atoms with van der Waals surface area (Å²) in [5.41, 5.74) is 0.798. The van der Waals surface area contributed by atoms with Crippen LogP contribution in [-0.4, -0.2) is 5.11 Å². The average Bonchev–Trinajstić information content (AvgIpc) is 2.34. The van der Waals surface area contributed by atoms with Crippen molar-refractivity contribution in [2.75, 3.05) is 0 Å². The number of thiophene rings is 1. The quantitative estimate of drug-likeness (QED) is 0.673. The molecule has 1 nitrogen and oxygen atoms in total. The van der Waals surface area contributed by atoms with Gasteiger partial charge in [0.1, 0.15) is 6.10 Å². The molecular formula is C9H12OS. The molecule has 1 N–H and O–H groups in total. The zero-order valence-electron chi connectivity index (χ0n) is 6.79. The van der Waals surface area contributed by atoms with E-state index >= 15 is 0 Å². The minimum absolute atomic E-state index is 0.478. The Labute approximate surface area is 71.0 Å². The van der Waals surface area contributed by atoms with E-state index in [9.17, 15) is 5.11 Å². The minimum Gasteiger partial charge on any atom is -0.383 e. The van der Waals surface area contributed by atoms with E-state index in [0.717, 1.165) is 10.5 Å². The lowest BCUT2D eigenvalue weighted by Gasteiger charge is -2.05. The summed E-state index contributed by atoms with van der Waals surface area (Å²) in [6.07, 6.45) is -0.478. The van der Waals surface area contributed by atoms with Crippen LogP contribution in [0, 0.1) is 6.92 Å². The zero-order chi connectivity index (χ0) is 8.43. The summed E-state index contributed by atoms with van der Waals surface area (Å²) in [4.78, 5) is 2.20. The van der Waals surface area contributed by atoms with Gasteiger partial charge in [-0.1, -0.05) is 6.58 Å². The van der Waals surface area contributed by atoms with Crippen LogP contribution in [0.1, 0.15) is 22.8 Å². The highest BCUT2D eigenvalue weighted by Crippen LogP contribution is 2.26. The summed E-state index contributed by atoms with van der Waals surface area (Å²) >= 11 is 1.61. The Morgan fingerprint density at radius 3 is 2.64 bits per heavy atom. The smallest absolute Gasteiger partial charge is 0.109 e. The van der Waals surface area contributed by atoms with Crippen LogP contribution >= 0.6 is 11.3 Å². The van der Waals surface area contributed by atoms with Crippen LogP contribution in [0.3, 0.4) is 0 Å². The van der Waals surface area contributed by atoms with Gasteiger partial charge >= 0.3 is 0 Å². The summed E-state index contributed by atoms with van der Waals surface area (Å²) in [5.74, 6) is 0. The van der Waals surface area contributed by atoms with Crippen LogP contribution in [0.25, 0.3) is 0 Å². The molecule has 0 radical (unpaired) electrons. The first-order chi connectivity index (χ1) is 5.11. The van der Waals surface area contributed by atoms with Gasteiger partial charge in [-0.25, -0.2) is 0 Å². The fraction of sp³-hybridized carbons (Fsp3) is 0.333. The van der Waals surface area contributed by atoms with Crippen molar-refractivity contribution in [2.24, 2.45) is 0 Å². The van der Waals surface area contributed by atoms with Crippen LogP contribution in [0.4, 0.5) is 0 Å². The Hall–Kier alpha value is -0.600. The first-order valence-corrected chi connectivity index (χ1v) is 4.32. The van der Waals surface area contributed by atoms with E-state index in [0.29, 0.717) is 0 Å². The molecule has 0 aliphatic carbocycles. The van der Waals surface area contributed by atoms with Crippen molar-refractivity contribution < 1.29 is 5.11 Å². The summed E-state index contributed by atoms with van der Waals surface area (Å²) < 4.78 is 0. The molecule has 1 atom stereocenters. The second-order valence-electron chi connectivity index (χ2n) is 2.70. The number of rotatable bonds is 2. The van der Waals surface area contributed by atoms with E-state index in [1.807, 2.05) is 26.0 Å². The zero-order valence-corrected chi connectivity index (χ0v) is 7.61. The molecule has 1 aromatic heterocycles. The molecule has 60 valence electrons. The van der Waals surface area contributed by atoms with Crippen molar-refractivity contribution in [3.63, 3.8) is 0 Å². The van der Waals surface area contributed by atoms with Gasteiger partial charge in [-0.05, 0) is 31.6 Å². The maximum absolute atomic E-state index is 9.52. The molecule has 0 saturated heterocycles. The van der Waals surface area contributed by atoms with Gasteiger partial charge in [0, 0.05) is 9.75 Å². The molecule has 2 heteroatoms. The van der Waals surface area contributed by atoms with Gasteiger partial charge in [0.2, 0.25) is 0 Å². The van der Waals surface area contributed by atoms with E-state index < -0.39 is 6.10 Å². The predicted molar refractivity (Wildman–Crippen MR) is 48.8 cm³/mol. The van der Waals surface area contributed by atoms with Gasteiger partial charge in [0.25, 0.3) is 0 Å². The maximum Gasteiger partial charge on any atom is 0.109 e. The topological polar surface area (TPSA) is 20.2 Å². The molecule has 0 amide bonds. The third-order valence-corrected chi connectivity index (χ3v) is 2.55. The Balaban J connectivity index is 2.84. The van der Waals surface area contributed by atoms with Gasteiger partial charge in [-0.3, -0.25) is 0 Å². The molecule has 1 heterocycles. The third kappa shape index (κ3) is 1.91. The second-order valence-corrected chi connectivity index (χ2v) is 4.02. The molecule has 0 fully saturated rings. The van der Waals surface area contributed by atoms with Crippen LogP contribution in [0.5, 0.6) is 0 Å². The summed E-state index contributed by atoms with van der Waals surface area (Å²) in [6.45, 7) is 7.56. The van der Waals surface area contributed by atoms with E-state index in [4.69, 9.17) is 0 Å². The van der Waals surface area contributed by atoms with Crippen LogP contribution < -0.4 is 0 Å². The number of aryl methyl sites for hydroxylation is 1. The largest absolute Gasteiger partial charge is 0.383 e. The van der Waals surface area contributed by atoms with Gasteiger partial charge in [0.05, 0.1) is 0 Å². The first-order valence-electron chi connectivity index (χ1n) is 3.51. The van der Waals surface area contributed by atoms with Crippen molar-refractivity contribution in [3.05, 3.63) is 34.0 Å². The summed E-state index contributed by atoms with van der Waals surface area (Å²) in [6, 6.07) is 3.95. The molecule has 0 aliphatic rings. The van der Waals surface area contributed by atoms with Crippen LogP contribution in [-0.2, 0) is 0 Å². The number of hydrogen-bond donors (Lipinski definition) is 1. The van der Waals surface area contributed by atoms with Crippen molar-refractivity contribution in [3.8, 4) is 0 Å². The normalized spacial score (nSPS) is 13.0. The van der Waals surface area contributed by atoms with E-state index in [2.05, 4.69) is 6.58 Å². The number of aliphatic hydroxyl groups is 1. The van der Waals surface area contributed by atoms with E-state index in [-0.39, 0.29) is 0 Å². The molecule has 0 aliphatic heterocycles. The molecule has 1 aromatic rings. The fourth-order valence-corrected chi connectivity index (χ4v) is 1.80. The predicted octanol–water partition coefficient (Wildman–Crippen LogP) is 2.67. The second kappa shape index (κ2) is 3.20. The molecule has 0 bridgehead atoms. The average molecular weight is 168 g/mol. The lowest BCUT2D eigenvalue weighted by atomic mass is 10.2. The van der Waals surface area contributed by atoms with Crippen molar-refractivity contribution in [2.45, 2.75) is 20.0 Å². The first kappa shape index (κ1) is 8.50. The molecule has 0 spiro atoms. The molecular weight excluding hydrogens is 156 g/mol. The molecule has 11 heavy (non-hydrogen) atoms. The SMILES string of the molecule is C=C(C)C(O)c1ccc(C)s1. The number of hydrogen-bond acceptors (Lipinski definition) is 2. The third-order valence-electron chi connectivity index (χ3n) is 1.50. The summed E-state index contributed by atoms with van der Waals surface area (Å²) in [5, 5.41) is 9.52. The van der Waals surface area contributed by atoms with Gasteiger partial charge in [0.15, 0.2) is 0 Å². The minimum atomic E-state index is -0.478. The Kier molecular flexibility index (Phi) is 2.47. The van der Waals surface area contributed by atoms with Crippen molar-refractivity contribution >= 4 is 11.3 Å². The van der Waals surface area contributed by atoms with Gasteiger partial charge in [-0.15, -0.1) is 11.3 Å². The van der Waals surface area contributed by atoms with Gasteiger partial charge in [-0.2, -0.15) is 0 Å². The number of aliphatic hydroxyl groups excluding tert-OH is 1. The summed E-state index contributed by atoms with van der Waals surface area (Å²) in [7, 11) is 0. The van der Waals surface area contributed by atoms with Crippen LogP contribution in [0.2, 0.25) is 0 Å². The maximum atomic E-state index is 9.52. The van der Waals surface area contributed by atoms with Gasteiger partial charge < -0.3 is 5.11 Å². The fourth-order valence-electron chi connectivity index (χ4n) is 0.843. The van der Waals surface area contributed by atoms with Crippen LogP contribution in [0.15, 0.2) is 24.3 Å². The Morgan fingerprint density at radius 2 is 2.27 bits per heavy atom. The molecule has 1 rings (SSSR count).